The number of rotatable bonds is 3. The summed E-state index contributed by atoms with van der Waals surface area (Å²) in [4.78, 5) is 0. The third-order valence-corrected chi connectivity index (χ3v) is 1.46. The summed E-state index contributed by atoms with van der Waals surface area (Å²) in [5.74, 6) is 0. The highest BCUT2D eigenvalue weighted by Crippen LogP contribution is 1.95. The quantitative estimate of drug-likeness (QED) is 0.631. The van der Waals surface area contributed by atoms with Crippen molar-refractivity contribution in [2.45, 2.75) is 25.8 Å². The topological polar surface area (TPSA) is 26.0 Å². The van der Waals surface area contributed by atoms with Gasteiger partial charge in [0.1, 0.15) is 0 Å². The van der Waals surface area contributed by atoms with Gasteiger partial charge in [-0.3, -0.25) is 0 Å². The summed E-state index contributed by atoms with van der Waals surface area (Å²) in [5, 5.41) is 1.03. The Bertz CT molecular complexity index is 39.1. The van der Waals surface area contributed by atoms with Crippen molar-refractivity contribution in [3.8, 4) is 0 Å². The van der Waals surface area contributed by atoms with E-state index in [1.165, 1.54) is 0 Å². The van der Waals surface area contributed by atoms with Crippen LogP contribution in [0.2, 0.25) is 0 Å². The zero-order valence-corrected chi connectivity index (χ0v) is 6.24. The third-order valence-electron chi connectivity index (χ3n) is 1.00. The van der Waals surface area contributed by atoms with Crippen LogP contribution in [0.4, 0.5) is 0 Å². The van der Waals surface area contributed by atoms with Crippen molar-refractivity contribution in [1.82, 2.24) is 0 Å². The van der Waals surface area contributed by atoms with Gasteiger partial charge in [-0.2, -0.15) is 0 Å². The minimum absolute atomic E-state index is 0.402. The maximum absolute atomic E-state index is 5.55. The van der Waals surface area contributed by atoms with E-state index in [1.54, 1.807) is 0 Å². The number of nitrogens with two attached hydrogens (primary N) is 1. The molecule has 0 rings (SSSR count). The molecule has 0 aromatic rings. The zero-order chi connectivity index (χ0) is 5.70. The minimum Gasteiger partial charge on any atom is -0.328 e. The van der Waals surface area contributed by atoms with Gasteiger partial charge in [0, 0.05) is 11.4 Å². The maximum atomic E-state index is 5.55. The fourth-order valence-corrected chi connectivity index (χ4v) is 0.932. The van der Waals surface area contributed by atoms with Gasteiger partial charge in [0.05, 0.1) is 0 Å². The van der Waals surface area contributed by atoms with E-state index in [9.17, 15) is 0 Å². The average Bonchev–Trinajstić information content (AvgIpc) is 1.68. The molecule has 0 aromatic carbocycles. The largest absolute Gasteiger partial charge is 0.328 e. The van der Waals surface area contributed by atoms with E-state index >= 15 is 0 Å². The molecule has 1 nitrogen and oxygen atoms in total. The highest BCUT2D eigenvalue weighted by molar-refractivity contribution is 9.09. The van der Waals surface area contributed by atoms with Crippen molar-refractivity contribution in [1.29, 1.82) is 0 Å². The highest BCUT2D eigenvalue weighted by atomic mass is 79.9. The number of hydrogen-bond acceptors (Lipinski definition) is 1. The Morgan fingerprint density at radius 2 is 2.29 bits per heavy atom. The minimum atomic E-state index is 0.402. The Morgan fingerprint density at radius 1 is 1.71 bits per heavy atom. The molecule has 0 saturated carbocycles. The molecule has 1 atom stereocenters. The van der Waals surface area contributed by atoms with Gasteiger partial charge in [0.25, 0.3) is 0 Å². The van der Waals surface area contributed by atoms with E-state index in [-0.39, 0.29) is 0 Å². The second-order valence-corrected chi connectivity index (χ2v) is 2.44. The van der Waals surface area contributed by atoms with E-state index in [2.05, 4.69) is 22.9 Å². The van der Waals surface area contributed by atoms with Crippen molar-refractivity contribution in [3.63, 3.8) is 0 Å². The van der Waals surface area contributed by atoms with Crippen LogP contribution in [0, 0.1) is 0 Å². The second kappa shape index (κ2) is 4.60. The van der Waals surface area contributed by atoms with Crippen LogP contribution in [-0.2, 0) is 0 Å². The van der Waals surface area contributed by atoms with E-state index < -0.39 is 0 Å². The Kier molecular flexibility index (Phi) is 4.88. The first-order valence-corrected chi connectivity index (χ1v) is 3.75. The number of hydrogen-bond donors (Lipinski definition) is 1. The van der Waals surface area contributed by atoms with Crippen LogP contribution in [0.25, 0.3) is 0 Å². The fraction of sp³-hybridized carbons (Fsp3) is 1.00. The molecule has 0 unspecified atom stereocenters. The number of alkyl halides is 1. The summed E-state index contributed by atoms with van der Waals surface area (Å²) >= 11 is 3.31. The summed E-state index contributed by atoms with van der Waals surface area (Å²) < 4.78 is 0. The molecule has 2 heteroatoms. The van der Waals surface area contributed by atoms with Crippen molar-refractivity contribution in [3.05, 3.63) is 0 Å². The predicted octanol–water partition coefficient (Wildman–Crippen LogP) is 1.51. The van der Waals surface area contributed by atoms with Crippen LogP contribution in [0.1, 0.15) is 19.8 Å². The Morgan fingerprint density at radius 3 is 2.43 bits per heavy atom. The zero-order valence-electron chi connectivity index (χ0n) is 4.65. The van der Waals surface area contributed by atoms with Gasteiger partial charge in [-0.15, -0.1) is 0 Å². The summed E-state index contributed by atoms with van der Waals surface area (Å²) in [7, 11) is 0. The first-order valence-electron chi connectivity index (χ1n) is 2.62. The lowest BCUT2D eigenvalue weighted by Gasteiger charge is -2.02. The lowest BCUT2D eigenvalue weighted by Crippen LogP contribution is -2.18. The smallest absolute Gasteiger partial charge is 0.00460 e. The lowest BCUT2D eigenvalue weighted by molar-refractivity contribution is 0.636. The summed E-state index contributed by atoms with van der Waals surface area (Å²) in [6.07, 6.45) is 2.18. The van der Waals surface area contributed by atoms with Crippen molar-refractivity contribution >= 4 is 15.9 Å². The second-order valence-electron chi connectivity index (χ2n) is 1.65. The highest BCUT2D eigenvalue weighted by Gasteiger charge is 1.93. The molecule has 7 heavy (non-hydrogen) atoms. The fourth-order valence-electron chi connectivity index (χ4n) is 0.344. The first-order chi connectivity index (χ1) is 3.31. The standard InChI is InChI=1S/C5H12BrN/c1-2-5(7)3-4-6/h5H,2-4,7H2,1H3/t5-/m0/s1. The van der Waals surface area contributed by atoms with Gasteiger partial charge < -0.3 is 5.73 Å². The normalized spacial score (nSPS) is 14.1. The molecule has 0 aliphatic heterocycles. The van der Waals surface area contributed by atoms with E-state index in [1.807, 2.05) is 0 Å². The number of halogens is 1. The molecule has 0 fully saturated rings. The van der Waals surface area contributed by atoms with Crippen LogP contribution in [0.5, 0.6) is 0 Å². The molecule has 0 aliphatic rings. The first kappa shape index (κ1) is 7.44. The van der Waals surface area contributed by atoms with Gasteiger partial charge in [-0.25, -0.2) is 0 Å². The van der Waals surface area contributed by atoms with E-state index in [0.717, 1.165) is 18.2 Å². The summed E-state index contributed by atoms with van der Waals surface area (Å²) in [5.41, 5.74) is 5.55. The predicted molar refractivity (Wildman–Crippen MR) is 36.7 cm³/mol. The van der Waals surface area contributed by atoms with Crippen LogP contribution >= 0.6 is 15.9 Å². The van der Waals surface area contributed by atoms with E-state index in [0.29, 0.717) is 6.04 Å². The summed E-state index contributed by atoms with van der Waals surface area (Å²) in [6.45, 7) is 2.10. The molecule has 0 aromatic heterocycles. The average molecular weight is 166 g/mol. The molecule has 0 amide bonds. The lowest BCUT2D eigenvalue weighted by atomic mass is 10.2. The van der Waals surface area contributed by atoms with Crippen molar-refractivity contribution in [2.24, 2.45) is 5.73 Å². The van der Waals surface area contributed by atoms with Gasteiger partial charge in [-0.05, 0) is 12.8 Å². The molecule has 0 spiro atoms. The molecule has 0 aliphatic carbocycles. The van der Waals surface area contributed by atoms with Crippen molar-refractivity contribution < 1.29 is 0 Å². The van der Waals surface area contributed by atoms with Crippen LogP contribution in [0.15, 0.2) is 0 Å². The van der Waals surface area contributed by atoms with Gasteiger partial charge in [-0.1, -0.05) is 22.9 Å². The monoisotopic (exact) mass is 165 g/mol. The van der Waals surface area contributed by atoms with Crippen molar-refractivity contribution in [2.75, 3.05) is 5.33 Å². The van der Waals surface area contributed by atoms with E-state index in [4.69, 9.17) is 5.73 Å². The van der Waals surface area contributed by atoms with Crippen LogP contribution in [-0.4, -0.2) is 11.4 Å². The third kappa shape index (κ3) is 4.29. The Hall–Kier alpha value is 0.440. The van der Waals surface area contributed by atoms with Gasteiger partial charge in [0.2, 0.25) is 0 Å². The molecule has 0 radical (unpaired) electrons. The molecular weight excluding hydrogens is 154 g/mol. The van der Waals surface area contributed by atoms with Gasteiger partial charge >= 0.3 is 0 Å². The molecule has 2 N–H and O–H groups in total. The Balaban J connectivity index is 2.83. The molecule has 0 saturated heterocycles. The Labute approximate surface area is 53.4 Å². The molecular formula is C5H12BrN. The molecule has 44 valence electrons. The molecule has 0 heterocycles. The SMILES string of the molecule is CC[C@H](N)CCBr. The van der Waals surface area contributed by atoms with Crippen LogP contribution in [0.3, 0.4) is 0 Å². The van der Waals surface area contributed by atoms with Crippen LogP contribution < -0.4 is 5.73 Å². The summed E-state index contributed by atoms with van der Waals surface area (Å²) in [6, 6.07) is 0.402. The molecule has 0 bridgehead atoms. The van der Waals surface area contributed by atoms with Gasteiger partial charge in [0.15, 0.2) is 0 Å². The maximum Gasteiger partial charge on any atom is 0.00460 e.